The molecule has 0 fully saturated rings. The van der Waals surface area contributed by atoms with E-state index in [1.165, 1.54) is 0 Å². The Balaban J connectivity index is 1.88. The summed E-state index contributed by atoms with van der Waals surface area (Å²) in [5.74, 6) is 2.31. The molecule has 32 heavy (non-hydrogen) atoms. The fourth-order valence-electron chi connectivity index (χ4n) is 2.71. The second-order valence-electron chi connectivity index (χ2n) is 11.5. The zero-order chi connectivity index (χ0) is 24.1. The van der Waals surface area contributed by atoms with Crippen LogP contribution in [0.5, 0.6) is 11.5 Å². The van der Waals surface area contributed by atoms with E-state index in [4.69, 9.17) is 18.3 Å². The summed E-state index contributed by atoms with van der Waals surface area (Å²) in [6, 6.07) is 12.0. The van der Waals surface area contributed by atoms with Gasteiger partial charge in [0.1, 0.15) is 17.0 Å². The van der Waals surface area contributed by atoms with Crippen LogP contribution in [-0.4, -0.2) is 21.6 Å². The van der Waals surface area contributed by atoms with Crippen LogP contribution in [0.3, 0.4) is 0 Å². The monoisotopic (exact) mass is 533 g/mol. The molecule has 0 N–H and O–H groups in total. The van der Waals surface area contributed by atoms with Gasteiger partial charge < -0.3 is 13.3 Å². The molecule has 0 unspecified atom stereocenters. The lowest BCUT2D eigenvalue weighted by Crippen LogP contribution is -2.43. The summed E-state index contributed by atoms with van der Waals surface area (Å²) in [4.78, 5) is 4.75. The number of oxazole rings is 1. The lowest BCUT2D eigenvalue weighted by atomic mass is 10.2. The molecule has 0 radical (unpaired) electrons. The second-order valence-corrected chi connectivity index (χ2v) is 21.8. The van der Waals surface area contributed by atoms with Crippen molar-refractivity contribution in [3.05, 3.63) is 40.9 Å². The molecule has 0 saturated carbocycles. The standard InChI is InChI=1S/C25H36BrNO3Si2/c1-24(2,3)31(7,8)29-18-13-11-17(12-14-18)23-27-21-16-19(15-20(26)22(21)28-23)30-32(9,10)25(4,5)6/h11-16H,1-10H3. The molecule has 0 amide bonds. The fourth-order valence-corrected chi connectivity index (χ4v) is 5.27. The van der Waals surface area contributed by atoms with Crippen LogP contribution in [0.15, 0.2) is 45.3 Å². The van der Waals surface area contributed by atoms with Crippen LogP contribution in [0.1, 0.15) is 41.5 Å². The molecular formula is C25H36BrNO3Si2. The minimum atomic E-state index is -1.94. The summed E-state index contributed by atoms with van der Waals surface area (Å²) in [5.41, 5.74) is 2.43. The minimum absolute atomic E-state index is 0.123. The van der Waals surface area contributed by atoms with Gasteiger partial charge in [0.05, 0.1) is 4.47 Å². The van der Waals surface area contributed by atoms with Gasteiger partial charge in [0, 0.05) is 11.6 Å². The highest BCUT2D eigenvalue weighted by Crippen LogP contribution is 2.40. The van der Waals surface area contributed by atoms with Crippen LogP contribution in [0, 0.1) is 0 Å². The third-order valence-corrected chi connectivity index (χ3v) is 16.2. The molecule has 0 bridgehead atoms. The van der Waals surface area contributed by atoms with E-state index in [9.17, 15) is 0 Å². The van der Waals surface area contributed by atoms with Gasteiger partial charge in [-0.15, -0.1) is 0 Å². The third kappa shape index (κ3) is 5.15. The SMILES string of the molecule is CC(C)(C)[Si](C)(C)Oc1ccc(-c2nc3cc(O[Si](C)(C)C(C)(C)C)cc(Br)c3o2)cc1. The topological polar surface area (TPSA) is 44.5 Å². The largest absolute Gasteiger partial charge is 0.544 e. The van der Waals surface area contributed by atoms with Gasteiger partial charge in [-0.25, -0.2) is 4.98 Å². The number of halogens is 1. The van der Waals surface area contributed by atoms with E-state index in [2.05, 4.69) is 83.7 Å². The molecule has 174 valence electrons. The number of aromatic nitrogens is 1. The third-order valence-electron chi connectivity index (χ3n) is 6.88. The van der Waals surface area contributed by atoms with Crippen molar-refractivity contribution >= 4 is 43.7 Å². The van der Waals surface area contributed by atoms with Crippen molar-refractivity contribution in [3.8, 4) is 23.0 Å². The van der Waals surface area contributed by atoms with Crippen molar-refractivity contribution in [2.75, 3.05) is 0 Å². The number of rotatable bonds is 5. The molecule has 1 heterocycles. The molecule has 7 heteroatoms. The summed E-state index contributed by atoms with van der Waals surface area (Å²) >= 11 is 3.64. The van der Waals surface area contributed by atoms with Gasteiger partial charge in [-0.1, -0.05) is 41.5 Å². The lowest BCUT2D eigenvalue weighted by Gasteiger charge is -2.36. The molecule has 3 rings (SSSR count). The quantitative estimate of drug-likeness (QED) is 0.306. The Morgan fingerprint density at radius 2 is 1.28 bits per heavy atom. The molecular weight excluding hydrogens is 498 g/mol. The normalized spacial score (nSPS) is 13.5. The summed E-state index contributed by atoms with van der Waals surface area (Å²) in [6.07, 6.45) is 0. The van der Waals surface area contributed by atoms with Crippen molar-refractivity contribution in [1.82, 2.24) is 4.98 Å². The summed E-state index contributed by atoms with van der Waals surface area (Å²) in [7, 11) is -3.81. The van der Waals surface area contributed by atoms with Crippen LogP contribution in [-0.2, 0) is 0 Å². The van der Waals surface area contributed by atoms with E-state index < -0.39 is 16.6 Å². The Bertz CT molecular complexity index is 1110. The zero-order valence-electron chi connectivity index (χ0n) is 21.0. The van der Waals surface area contributed by atoms with Gasteiger partial charge in [0.2, 0.25) is 22.5 Å². The van der Waals surface area contributed by atoms with Crippen LogP contribution >= 0.6 is 15.9 Å². The molecule has 3 aromatic rings. The Kier molecular flexibility index (Phi) is 6.52. The molecule has 2 aromatic carbocycles. The first-order valence-corrected chi connectivity index (χ1v) is 17.7. The van der Waals surface area contributed by atoms with Gasteiger partial charge in [-0.3, -0.25) is 0 Å². The minimum Gasteiger partial charge on any atom is -0.544 e. The van der Waals surface area contributed by atoms with Crippen LogP contribution in [0.2, 0.25) is 36.3 Å². The summed E-state index contributed by atoms with van der Waals surface area (Å²) in [6.45, 7) is 22.4. The number of fused-ring (bicyclic) bond motifs is 1. The Morgan fingerprint density at radius 1 is 0.781 bits per heavy atom. The zero-order valence-corrected chi connectivity index (χ0v) is 24.6. The van der Waals surface area contributed by atoms with Crippen molar-refractivity contribution in [2.45, 2.75) is 77.8 Å². The lowest BCUT2D eigenvalue weighted by molar-refractivity contribution is 0.492. The van der Waals surface area contributed by atoms with Crippen molar-refractivity contribution in [3.63, 3.8) is 0 Å². The molecule has 0 aliphatic heterocycles. The van der Waals surface area contributed by atoms with Gasteiger partial charge in [-0.2, -0.15) is 0 Å². The Labute approximate surface area is 203 Å². The predicted octanol–water partition coefficient (Wildman–Crippen LogP) is 9.03. The first kappa shape index (κ1) is 25.1. The molecule has 0 aliphatic rings. The summed E-state index contributed by atoms with van der Waals surface area (Å²) in [5, 5.41) is 0.278. The molecule has 4 nitrogen and oxygen atoms in total. The van der Waals surface area contributed by atoms with Crippen LogP contribution in [0.4, 0.5) is 0 Å². The number of hydrogen-bond acceptors (Lipinski definition) is 4. The van der Waals surface area contributed by atoms with E-state index in [1.807, 2.05) is 36.4 Å². The number of benzene rings is 2. The highest BCUT2D eigenvalue weighted by atomic mass is 79.9. The van der Waals surface area contributed by atoms with Gasteiger partial charge in [0.25, 0.3) is 0 Å². The van der Waals surface area contributed by atoms with Gasteiger partial charge >= 0.3 is 0 Å². The van der Waals surface area contributed by atoms with E-state index >= 15 is 0 Å². The fraction of sp³-hybridized carbons (Fsp3) is 0.480. The maximum atomic E-state index is 6.47. The molecule has 0 spiro atoms. The van der Waals surface area contributed by atoms with Gasteiger partial charge in [0.15, 0.2) is 5.58 Å². The average Bonchev–Trinajstić information content (AvgIpc) is 3.04. The predicted molar refractivity (Wildman–Crippen MR) is 143 cm³/mol. The smallest absolute Gasteiger partial charge is 0.250 e. The van der Waals surface area contributed by atoms with E-state index in [0.29, 0.717) is 5.89 Å². The van der Waals surface area contributed by atoms with Crippen molar-refractivity contribution in [1.29, 1.82) is 0 Å². The van der Waals surface area contributed by atoms with Crippen molar-refractivity contribution in [2.24, 2.45) is 0 Å². The molecule has 0 atom stereocenters. The van der Waals surface area contributed by atoms with Crippen LogP contribution < -0.4 is 8.85 Å². The maximum absolute atomic E-state index is 6.47. The number of hydrogen-bond donors (Lipinski definition) is 0. The van der Waals surface area contributed by atoms with E-state index in [1.54, 1.807) is 0 Å². The number of nitrogens with zero attached hydrogens (tertiary/aromatic N) is 1. The van der Waals surface area contributed by atoms with E-state index in [0.717, 1.165) is 32.6 Å². The van der Waals surface area contributed by atoms with E-state index in [-0.39, 0.29) is 10.1 Å². The first-order chi connectivity index (χ1) is 14.5. The highest BCUT2D eigenvalue weighted by Gasteiger charge is 2.40. The Hall–Kier alpha value is -1.58. The maximum Gasteiger partial charge on any atom is 0.250 e. The molecule has 0 saturated heterocycles. The second kappa shape index (κ2) is 8.33. The van der Waals surface area contributed by atoms with Crippen molar-refractivity contribution < 1.29 is 13.3 Å². The summed E-state index contributed by atoms with van der Waals surface area (Å²) < 4.78 is 19.8. The molecule has 1 aromatic heterocycles. The highest BCUT2D eigenvalue weighted by molar-refractivity contribution is 9.10. The first-order valence-electron chi connectivity index (χ1n) is 11.1. The van der Waals surface area contributed by atoms with Crippen LogP contribution in [0.25, 0.3) is 22.6 Å². The average molecular weight is 535 g/mol. The molecule has 0 aliphatic carbocycles. The van der Waals surface area contributed by atoms with Gasteiger partial charge in [-0.05, 0) is 82.5 Å². The Morgan fingerprint density at radius 3 is 1.78 bits per heavy atom.